The van der Waals surface area contributed by atoms with Gasteiger partial charge in [0.25, 0.3) is 0 Å². The van der Waals surface area contributed by atoms with Crippen LogP contribution < -0.4 is 5.32 Å². The molecule has 1 N–H and O–H groups in total. The molecule has 2 saturated carbocycles. The summed E-state index contributed by atoms with van der Waals surface area (Å²) < 4.78 is 0. The molecule has 2 fully saturated rings. The van der Waals surface area contributed by atoms with Crippen LogP contribution in [0.1, 0.15) is 57.8 Å². The monoisotopic (exact) mass is 181 g/mol. The lowest BCUT2D eigenvalue weighted by molar-refractivity contribution is 0.332. The van der Waals surface area contributed by atoms with Crippen molar-refractivity contribution in [3.05, 3.63) is 0 Å². The highest BCUT2D eigenvalue weighted by molar-refractivity contribution is 4.76. The van der Waals surface area contributed by atoms with Crippen LogP contribution >= 0.6 is 0 Å². The molecule has 0 radical (unpaired) electrons. The second kappa shape index (κ2) is 4.99. The minimum Gasteiger partial charge on any atom is -0.314 e. The van der Waals surface area contributed by atoms with E-state index in [9.17, 15) is 0 Å². The Kier molecular flexibility index (Phi) is 3.65. The maximum absolute atomic E-state index is 3.64. The van der Waals surface area contributed by atoms with Gasteiger partial charge in [-0.2, -0.15) is 0 Å². The summed E-state index contributed by atoms with van der Waals surface area (Å²) >= 11 is 0. The molecule has 0 unspecified atom stereocenters. The number of rotatable bonds is 5. The number of hydrogen-bond donors (Lipinski definition) is 1. The van der Waals surface area contributed by atoms with Crippen molar-refractivity contribution in [3.8, 4) is 0 Å². The van der Waals surface area contributed by atoms with Crippen molar-refractivity contribution in [3.63, 3.8) is 0 Å². The lowest BCUT2D eigenvalue weighted by atomic mass is 9.93. The van der Waals surface area contributed by atoms with E-state index in [1.54, 1.807) is 0 Å². The molecular weight excluding hydrogens is 158 g/mol. The first-order chi connectivity index (χ1) is 6.45. The second-order valence-corrected chi connectivity index (χ2v) is 4.87. The highest BCUT2D eigenvalue weighted by Gasteiger charge is 2.17. The quantitative estimate of drug-likeness (QED) is 0.643. The van der Waals surface area contributed by atoms with Gasteiger partial charge in [-0.3, -0.25) is 0 Å². The summed E-state index contributed by atoms with van der Waals surface area (Å²) in [6.07, 6.45) is 13.3. The zero-order valence-electron chi connectivity index (χ0n) is 8.73. The van der Waals surface area contributed by atoms with Crippen LogP contribution in [0.3, 0.4) is 0 Å². The topological polar surface area (TPSA) is 12.0 Å². The molecule has 1 nitrogen and oxygen atoms in total. The molecule has 0 aliphatic heterocycles. The van der Waals surface area contributed by atoms with Crippen LogP contribution in [-0.2, 0) is 0 Å². The van der Waals surface area contributed by atoms with Crippen LogP contribution in [-0.4, -0.2) is 12.6 Å². The summed E-state index contributed by atoms with van der Waals surface area (Å²) in [7, 11) is 0. The minimum absolute atomic E-state index is 0.892. The zero-order valence-corrected chi connectivity index (χ0v) is 8.73. The third-order valence-corrected chi connectivity index (χ3v) is 3.80. The van der Waals surface area contributed by atoms with Gasteiger partial charge in [-0.05, 0) is 38.1 Å². The van der Waals surface area contributed by atoms with Crippen molar-refractivity contribution >= 4 is 0 Å². The summed E-state index contributed by atoms with van der Waals surface area (Å²) in [5, 5.41) is 3.64. The fourth-order valence-electron chi connectivity index (χ4n) is 2.61. The van der Waals surface area contributed by atoms with E-state index in [0.717, 1.165) is 12.0 Å². The lowest BCUT2D eigenvalue weighted by Gasteiger charge is -2.26. The summed E-state index contributed by atoms with van der Waals surface area (Å²) in [6.45, 7) is 1.28. The molecule has 13 heavy (non-hydrogen) atoms. The SMILES string of the molecule is C1CCC(CCCNC2CCC2)C1. The first kappa shape index (κ1) is 9.51. The summed E-state index contributed by atoms with van der Waals surface area (Å²) in [5.41, 5.74) is 0. The van der Waals surface area contributed by atoms with Crippen LogP contribution in [0.2, 0.25) is 0 Å². The van der Waals surface area contributed by atoms with E-state index in [4.69, 9.17) is 0 Å². The molecule has 0 spiro atoms. The van der Waals surface area contributed by atoms with Gasteiger partial charge in [0.1, 0.15) is 0 Å². The van der Waals surface area contributed by atoms with Crippen LogP contribution in [0.15, 0.2) is 0 Å². The molecule has 2 aliphatic carbocycles. The molecule has 0 heterocycles. The predicted octanol–water partition coefficient (Wildman–Crippen LogP) is 3.10. The van der Waals surface area contributed by atoms with Gasteiger partial charge >= 0.3 is 0 Å². The highest BCUT2D eigenvalue weighted by atomic mass is 14.9. The Balaban J connectivity index is 1.43. The van der Waals surface area contributed by atoms with E-state index in [-0.39, 0.29) is 0 Å². The van der Waals surface area contributed by atoms with E-state index < -0.39 is 0 Å². The Labute approximate surface area is 82.3 Å². The maximum atomic E-state index is 3.64. The van der Waals surface area contributed by atoms with Crippen LogP contribution in [0, 0.1) is 5.92 Å². The average molecular weight is 181 g/mol. The lowest BCUT2D eigenvalue weighted by Crippen LogP contribution is -2.35. The van der Waals surface area contributed by atoms with E-state index in [0.29, 0.717) is 0 Å². The molecule has 2 rings (SSSR count). The highest BCUT2D eigenvalue weighted by Crippen LogP contribution is 2.28. The standard InChI is InChI=1S/C12H23N/c1-2-6-11(5-1)7-4-10-13-12-8-3-9-12/h11-13H,1-10H2. The molecule has 1 heteroatoms. The average Bonchev–Trinajstić information content (AvgIpc) is 2.53. The normalized spacial score (nSPS) is 24.9. The molecule has 0 aromatic carbocycles. The summed E-state index contributed by atoms with van der Waals surface area (Å²) in [5.74, 6) is 1.09. The number of hydrogen-bond acceptors (Lipinski definition) is 1. The van der Waals surface area contributed by atoms with Crippen LogP contribution in [0.5, 0.6) is 0 Å². The van der Waals surface area contributed by atoms with Gasteiger partial charge in [-0.15, -0.1) is 0 Å². The van der Waals surface area contributed by atoms with Gasteiger partial charge in [0, 0.05) is 6.04 Å². The smallest absolute Gasteiger partial charge is 0.00670 e. The first-order valence-electron chi connectivity index (χ1n) is 6.18. The Morgan fingerprint density at radius 1 is 0.923 bits per heavy atom. The predicted molar refractivity (Wildman–Crippen MR) is 56.8 cm³/mol. The van der Waals surface area contributed by atoms with Crippen LogP contribution in [0.4, 0.5) is 0 Å². The van der Waals surface area contributed by atoms with E-state index >= 15 is 0 Å². The molecule has 0 saturated heterocycles. The molecule has 0 atom stereocenters. The molecule has 0 amide bonds. The Morgan fingerprint density at radius 3 is 2.31 bits per heavy atom. The summed E-state index contributed by atoms with van der Waals surface area (Å²) in [4.78, 5) is 0. The Hall–Kier alpha value is -0.0400. The molecular formula is C12H23N. The van der Waals surface area contributed by atoms with Crippen LogP contribution in [0.25, 0.3) is 0 Å². The molecule has 2 aliphatic rings. The summed E-state index contributed by atoms with van der Waals surface area (Å²) in [6, 6.07) is 0.892. The van der Waals surface area contributed by atoms with Gasteiger partial charge in [0.05, 0.1) is 0 Å². The fraction of sp³-hybridized carbons (Fsp3) is 1.00. The Bertz CT molecular complexity index is 134. The van der Waals surface area contributed by atoms with Crippen molar-refractivity contribution in [2.75, 3.05) is 6.54 Å². The molecule has 76 valence electrons. The van der Waals surface area contributed by atoms with E-state index in [2.05, 4.69) is 5.32 Å². The first-order valence-corrected chi connectivity index (χ1v) is 6.18. The zero-order chi connectivity index (χ0) is 8.93. The minimum atomic E-state index is 0.892. The second-order valence-electron chi connectivity index (χ2n) is 4.87. The third-order valence-electron chi connectivity index (χ3n) is 3.80. The largest absolute Gasteiger partial charge is 0.314 e. The van der Waals surface area contributed by atoms with Crippen molar-refractivity contribution in [2.45, 2.75) is 63.8 Å². The van der Waals surface area contributed by atoms with Gasteiger partial charge in [-0.25, -0.2) is 0 Å². The third kappa shape index (κ3) is 2.98. The Morgan fingerprint density at radius 2 is 1.69 bits per heavy atom. The van der Waals surface area contributed by atoms with Gasteiger partial charge in [0.15, 0.2) is 0 Å². The van der Waals surface area contributed by atoms with Crippen molar-refractivity contribution in [1.82, 2.24) is 5.32 Å². The maximum Gasteiger partial charge on any atom is 0.00670 e. The van der Waals surface area contributed by atoms with Gasteiger partial charge in [0.2, 0.25) is 0 Å². The van der Waals surface area contributed by atoms with Crippen molar-refractivity contribution in [1.29, 1.82) is 0 Å². The van der Waals surface area contributed by atoms with Crippen molar-refractivity contribution < 1.29 is 0 Å². The van der Waals surface area contributed by atoms with E-state index in [1.807, 2.05) is 0 Å². The van der Waals surface area contributed by atoms with Gasteiger partial charge in [-0.1, -0.05) is 32.1 Å². The molecule has 0 bridgehead atoms. The van der Waals surface area contributed by atoms with Crippen molar-refractivity contribution in [2.24, 2.45) is 5.92 Å². The fourth-order valence-corrected chi connectivity index (χ4v) is 2.61. The molecule has 0 aromatic rings. The molecule has 0 aromatic heterocycles. The van der Waals surface area contributed by atoms with Gasteiger partial charge < -0.3 is 5.32 Å². The number of nitrogens with one attached hydrogen (secondary N) is 1. The van der Waals surface area contributed by atoms with E-state index in [1.165, 1.54) is 64.3 Å².